The topological polar surface area (TPSA) is 51.3 Å². The van der Waals surface area contributed by atoms with Crippen LogP contribution in [0.15, 0.2) is 35.2 Å². The van der Waals surface area contributed by atoms with Gasteiger partial charge in [0.1, 0.15) is 5.82 Å². The summed E-state index contributed by atoms with van der Waals surface area (Å²) < 4.78 is 7.06. The molecule has 5 heteroatoms. The minimum Gasteiger partial charge on any atom is -0.459 e. The highest BCUT2D eigenvalue weighted by Gasteiger charge is 2.22. The largest absolute Gasteiger partial charge is 0.459 e. The highest BCUT2D eigenvalue weighted by molar-refractivity contribution is 5.91. The maximum absolute atomic E-state index is 12.3. The summed E-state index contributed by atoms with van der Waals surface area (Å²) in [4.78, 5) is 18.3. The van der Waals surface area contributed by atoms with Crippen LogP contribution in [-0.4, -0.2) is 26.4 Å². The van der Waals surface area contributed by atoms with E-state index in [1.807, 2.05) is 31.7 Å². The smallest absolute Gasteiger partial charge is 0.290 e. The van der Waals surface area contributed by atoms with Gasteiger partial charge in [-0.1, -0.05) is 0 Å². The molecule has 0 spiro atoms. The monoisotopic (exact) mass is 247 g/mol. The zero-order valence-corrected chi connectivity index (χ0v) is 10.8. The number of rotatable bonds is 4. The van der Waals surface area contributed by atoms with E-state index in [0.29, 0.717) is 12.3 Å². The second-order valence-electron chi connectivity index (χ2n) is 4.46. The van der Waals surface area contributed by atoms with Crippen LogP contribution < -0.4 is 0 Å². The highest BCUT2D eigenvalue weighted by atomic mass is 16.3. The van der Waals surface area contributed by atoms with Crippen molar-refractivity contribution in [2.75, 3.05) is 0 Å². The van der Waals surface area contributed by atoms with Crippen LogP contribution in [0, 0.1) is 0 Å². The molecule has 0 atom stereocenters. The molecule has 0 saturated heterocycles. The van der Waals surface area contributed by atoms with Gasteiger partial charge in [0.05, 0.1) is 12.8 Å². The molecule has 0 saturated carbocycles. The summed E-state index contributed by atoms with van der Waals surface area (Å²) in [7, 11) is 1.91. The number of nitrogens with zero attached hydrogens (tertiary/aromatic N) is 3. The fourth-order valence-electron chi connectivity index (χ4n) is 1.73. The lowest BCUT2D eigenvalue weighted by molar-refractivity contribution is 0.0650. The maximum Gasteiger partial charge on any atom is 0.290 e. The summed E-state index contributed by atoms with van der Waals surface area (Å²) in [5.41, 5.74) is 0. The minimum atomic E-state index is -0.113. The van der Waals surface area contributed by atoms with Crippen molar-refractivity contribution in [3.05, 3.63) is 42.4 Å². The van der Waals surface area contributed by atoms with Crippen LogP contribution in [0.4, 0.5) is 0 Å². The number of amides is 1. The lowest BCUT2D eigenvalue weighted by Gasteiger charge is -2.25. The number of hydrogen-bond donors (Lipinski definition) is 0. The normalized spacial score (nSPS) is 10.9. The molecule has 0 radical (unpaired) electrons. The zero-order chi connectivity index (χ0) is 13.1. The van der Waals surface area contributed by atoms with Crippen molar-refractivity contribution in [2.45, 2.75) is 26.4 Å². The van der Waals surface area contributed by atoms with Crippen molar-refractivity contribution in [2.24, 2.45) is 7.05 Å². The summed E-state index contributed by atoms with van der Waals surface area (Å²) >= 11 is 0. The molecule has 0 aromatic carbocycles. The van der Waals surface area contributed by atoms with Crippen LogP contribution in [0.2, 0.25) is 0 Å². The minimum absolute atomic E-state index is 0.0827. The third-order valence-electron chi connectivity index (χ3n) is 2.85. The van der Waals surface area contributed by atoms with E-state index < -0.39 is 0 Å². The number of aromatic nitrogens is 2. The number of furan rings is 1. The molecule has 0 bridgehead atoms. The van der Waals surface area contributed by atoms with Gasteiger partial charge >= 0.3 is 0 Å². The Balaban J connectivity index is 2.19. The highest BCUT2D eigenvalue weighted by Crippen LogP contribution is 2.12. The summed E-state index contributed by atoms with van der Waals surface area (Å²) in [6.07, 6.45) is 5.10. The van der Waals surface area contributed by atoms with E-state index in [1.165, 1.54) is 6.26 Å². The molecule has 0 aliphatic carbocycles. The van der Waals surface area contributed by atoms with E-state index in [9.17, 15) is 4.79 Å². The van der Waals surface area contributed by atoms with Crippen molar-refractivity contribution in [1.82, 2.24) is 14.5 Å². The predicted octanol–water partition coefficient (Wildman–Crippen LogP) is 2.06. The standard InChI is InChI=1S/C13H17N3O2/c1-10(2)16(9-12-14-6-7-15(12)3)13(17)11-5-4-8-18-11/h4-8,10H,9H2,1-3H3. The Kier molecular flexibility index (Phi) is 3.50. The van der Waals surface area contributed by atoms with Crippen molar-refractivity contribution < 1.29 is 9.21 Å². The fourth-order valence-corrected chi connectivity index (χ4v) is 1.73. The van der Waals surface area contributed by atoms with Crippen LogP contribution >= 0.6 is 0 Å². The number of carbonyl (C=O) groups excluding carboxylic acids is 1. The molecule has 0 unspecified atom stereocenters. The lowest BCUT2D eigenvalue weighted by atomic mass is 10.2. The lowest BCUT2D eigenvalue weighted by Crippen LogP contribution is -2.37. The first-order valence-electron chi connectivity index (χ1n) is 5.90. The Bertz CT molecular complexity index is 514. The summed E-state index contributed by atoms with van der Waals surface area (Å²) in [6.45, 7) is 4.42. The molecule has 2 aromatic rings. The van der Waals surface area contributed by atoms with Gasteiger partial charge in [-0.2, -0.15) is 0 Å². The molecule has 1 amide bonds. The predicted molar refractivity (Wildman–Crippen MR) is 66.9 cm³/mol. The van der Waals surface area contributed by atoms with E-state index in [1.54, 1.807) is 23.2 Å². The molecular weight excluding hydrogens is 230 g/mol. The van der Waals surface area contributed by atoms with Crippen molar-refractivity contribution >= 4 is 5.91 Å². The van der Waals surface area contributed by atoms with Crippen LogP contribution in [0.5, 0.6) is 0 Å². The first kappa shape index (κ1) is 12.4. The average Bonchev–Trinajstić information content (AvgIpc) is 2.96. The summed E-state index contributed by atoms with van der Waals surface area (Å²) in [6, 6.07) is 3.47. The van der Waals surface area contributed by atoms with Crippen LogP contribution in [0.3, 0.4) is 0 Å². The maximum atomic E-state index is 12.3. The first-order chi connectivity index (χ1) is 8.59. The van der Waals surface area contributed by atoms with Crippen molar-refractivity contribution in [1.29, 1.82) is 0 Å². The molecule has 0 N–H and O–H groups in total. The van der Waals surface area contributed by atoms with Gasteiger partial charge in [0.2, 0.25) is 0 Å². The Hall–Kier alpha value is -2.04. The molecule has 18 heavy (non-hydrogen) atoms. The molecular formula is C13H17N3O2. The Morgan fingerprint density at radius 2 is 2.33 bits per heavy atom. The van der Waals surface area contributed by atoms with Gasteiger partial charge in [-0.15, -0.1) is 0 Å². The third kappa shape index (κ3) is 2.45. The van der Waals surface area contributed by atoms with E-state index in [-0.39, 0.29) is 11.9 Å². The third-order valence-corrected chi connectivity index (χ3v) is 2.85. The van der Waals surface area contributed by atoms with Crippen LogP contribution in [-0.2, 0) is 13.6 Å². The van der Waals surface area contributed by atoms with Gasteiger partial charge in [-0.3, -0.25) is 4.79 Å². The first-order valence-corrected chi connectivity index (χ1v) is 5.90. The summed E-state index contributed by atoms with van der Waals surface area (Å²) in [5.74, 6) is 1.10. The number of imidazole rings is 1. The number of aryl methyl sites for hydroxylation is 1. The second kappa shape index (κ2) is 5.08. The van der Waals surface area contributed by atoms with Gasteiger partial charge in [-0.05, 0) is 26.0 Å². The second-order valence-corrected chi connectivity index (χ2v) is 4.46. The molecule has 0 aliphatic rings. The van der Waals surface area contributed by atoms with Gasteiger partial charge in [-0.25, -0.2) is 4.98 Å². The zero-order valence-electron chi connectivity index (χ0n) is 10.8. The number of carbonyl (C=O) groups is 1. The van der Waals surface area contributed by atoms with Gasteiger partial charge in [0.25, 0.3) is 5.91 Å². The van der Waals surface area contributed by atoms with E-state index in [4.69, 9.17) is 4.42 Å². The van der Waals surface area contributed by atoms with E-state index >= 15 is 0 Å². The van der Waals surface area contributed by atoms with Crippen molar-refractivity contribution in [3.8, 4) is 0 Å². The number of hydrogen-bond acceptors (Lipinski definition) is 3. The molecule has 2 aromatic heterocycles. The fraction of sp³-hybridized carbons (Fsp3) is 0.385. The quantitative estimate of drug-likeness (QED) is 0.831. The molecule has 2 rings (SSSR count). The van der Waals surface area contributed by atoms with Gasteiger partial charge in [0, 0.05) is 25.5 Å². The van der Waals surface area contributed by atoms with E-state index in [2.05, 4.69) is 4.98 Å². The van der Waals surface area contributed by atoms with Gasteiger partial charge < -0.3 is 13.9 Å². The van der Waals surface area contributed by atoms with Crippen LogP contribution in [0.1, 0.15) is 30.2 Å². The molecule has 96 valence electrons. The van der Waals surface area contributed by atoms with E-state index in [0.717, 1.165) is 5.82 Å². The Morgan fingerprint density at radius 1 is 1.56 bits per heavy atom. The average molecular weight is 247 g/mol. The van der Waals surface area contributed by atoms with Crippen molar-refractivity contribution in [3.63, 3.8) is 0 Å². The summed E-state index contributed by atoms with van der Waals surface area (Å²) in [5, 5.41) is 0. The molecule has 2 heterocycles. The molecule has 0 aliphatic heterocycles. The molecule has 0 fully saturated rings. The van der Waals surface area contributed by atoms with Crippen LogP contribution in [0.25, 0.3) is 0 Å². The van der Waals surface area contributed by atoms with Gasteiger partial charge in [0.15, 0.2) is 5.76 Å². The Labute approximate surface area is 106 Å². The Morgan fingerprint density at radius 3 is 2.83 bits per heavy atom. The molecule has 5 nitrogen and oxygen atoms in total. The SMILES string of the molecule is CC(C)N(Cc1nccn1C)C(=O)c1ccco1.